The first-order chi connectivity index (χ1) is 3.84. The van der Waals surface area contributed by atoms with Crippen LogP contribution in [0.2, 0.25) is 0 Å². The smallest absolute Gasteiger partial charge is 0.0956 e. The molecule has 0 bridgehead atoms. The number of aliphatic hydroxyl groups excluding tert-OH is 1. The van der Waals surface area contributed by atoms with Crippen LogP contribution in [0.25, 0.3) is 0 Å². The summed E-state index contributed by atoms with van der Waals surface area (Å²) >= 11 is 0. The summed E-state index contributed by atoms with van der Waals surface area (Å²) in [5.74, 6) is 0. The van der Waals surface area contributed by atoms with E-state index in [1.807, 2.05) is 0 Å². The highest BCUT2D eigenvalue weighted by atomic mass is 16.5. The Morgan fingerprint density at radius 2 is 2.50 bits per heavy atom. The third-order valence-electron chi connectivity index (χ3n) is 1.44. The highest BCUT2D eigenvalue weighted by Crippen LogP contribution is 2.09. The molecular weight excluding hydrogens is 106 g/mol. The van der Waals surface area contributed by atoms with E-state index in [2.05, 4.69) is 0 Å². The molecule has 0 amide bonds. The fraction of sp³-hybridized carbons (Fsp3) is 1.00. The Balaban J connectivity index is 2.30. The van der Waals surface area contributed by atoms with Crippen LogP contribution in [0.1, 0.15) is 6.42 Å². The van der Waals surface area contributed by atoms with Crippen molar-refractivity contribution in [3.63, 3.8) is 0 Å². The van der Waals surface area contributed by atoms with Crippen LogP contribution in [0.3, 0.4) is 0 Å². The summed E-state index contributed by atoms with van der Waals surface area (Å²) < 4.78 is 5.04. The third kappa shape index (κ3) is 0.992. The van der Waals surface area contributed by atoms with Gasteiger partial charge in [-0.15, -0.1) is 0 Å². The van der Waals surface area contributed by atoms with E-state index in [-0.39, 0.29) is 18.8 Å². The summed E-state index contributed by atoms with van der Waals surface area (Å²) in [5.41, 5.74) is 5.50. The average Bonchev–Trinajstić information content (AvgIpc) is 2.14. The average molecular weight is 117 g/mol. The number of hydrogen-bond acceptors (Lipinski definition) is 3. The molecule has 0 spiro atoms. The van der Waals surface area contributed by atoms with Gasteiger partial charge in [-0.1, -0.05) is 0 Å². The molecule has 8 heavy (non-hydrogen) atoms. The zero-order chi connectivity index (χ0) is 5.98. The molecule has 3 heteroatoms. The summed E-state index contributed by atoms with van der Waals surface area (Å²) in [7, 11) is 0. The second-order valence-corrected chi connectivity index (χ2v) is 2.04. The van der Waals surface area contributed by atoms with Gasteiger partial charge in [0.05, 0.1) is 12.7 Å². The van der Waals surface area contributed by atoms with Gasteiger partial charge in [-0.25, -0.2) is 0 Å². The van der Waals surface area contributed by atoms with Gasteiger partial charge in [-0.05, 0) is 6.42 Å². The van der Waals surface area contributed by atoms with E-state index in [0.717, 1.165) is 6.42 Å². The lowest BCUT2D eigenvalue weighted by Crippen LogP contribution is -2.32. The lowest BCUT2D eigenvalue weighted by atomic mass is 10.2. The number of ether oxygens (including phenoxy) is 1. The van der Waals surface area contributed by atoms with Crippen molar-refractivity contribution in [2.75, 3.05) is 13.2 Å². The molecule has 0 aromatic heterocycles. The van der Waals surface area contributed by atoms with Gasteiger partial charge in [0.2, 0.25) is 0 Å². The van der Waals surface area contributed by atoms with E-state index in [1.165, 1.54) is 0 Å². The quantitative estimate of drug-likeness (QED) is 0.467. The summed E-state index contributed by atoms with van der Waals surface area (Å²) in [6.07, 6.45) is 0.778. The van der Waals surface area contributed by atoms with Gasteiger partial charge in [0, 0.05) is 12.6 Å². The molecule has 0 aromatic rings. The zero-order valence-corrected chi connectivity index (χ0v) is 4.71. The van der Waals surface area contributed by atoms with E-state index in [0.29, 0.717) is 6.61 Å². The maximum absolute atomic E-state index is 8.53. The van der Waals surface area contributed by atoms with Crippen LogP contribution in [-0.2, 0) is 4.74 Å². The van der Waals surface area contributed by atoms with Gasteiger partial charge in [0.25, 0.3) is 0 Å². The Kier molecular flexibility index (Phi) is 1.83. The summed E-state index contributed by atoms with van der Waals surface area (Å²) in [6, 6.07) is 0.0556. The van der Waals surface area contributed by atoms with Crippen LogP contribution in [-0.4, -0.2) is 30.5 Å². The lowest BCUT2D eigenvalue weighted by molar-refractivity contribution is 0.0528. The molecule has 0 radical (unpaired) electrons. The van der Waals surface area contributed by atoms with Gasteiger partial charge in [0.15, 0.2) is 0 Å². The number of nitrogens with two attached hydrogens (primary N) is 1. The van der Waals surface area contributed by atoms with Crippen molar-refractivity contribution in [1.82, 2.24) is 0 Å². The van der Waals surface area contributed by atoms with Crippen molar-refractivity contribution < 1.29 is 9.84 Å². The summed E-state index contributed by atoms with van der Waals surface area (Å²) in [4.78, 5) is 0. The molecule has 3 nitrogen and oxygen atoms in total. The van der Waals surface area contributed by atoms with Crippen LogP contribution < -0.4 is 5.73 Å². The highest BCUT2D eigenvalue weighted by molar-refractivity contribution is 4.77. The maximum Gasteiger partial charge on any atom is 0.0956 e. The number of aliphatic hydroxyl groups is 1. The normalized spacial score (nSPS) is 38.2. The molecule has 1 rings (SSSR count). The second-order valence-electron chi connectivity index (χ2n) is 2.04. The maximum atomic E-state index is 8.53. The molecular formula is C5H11NO2. The first-order valence-corrected chi connectivity index (χ1v) is 2.82. The van der Waals surface area contributed by atoms with Gasteiger partial charge < -0.3 is 15.6 Å². The lowest BCUT2D eigenvalue weighted by Gasteiger charge is -2.08. The molecule has 1 heterocycles. The second kappa shape index (κ2) is 2.44. The van der Waals surface area contributed by atoms with Crippen molar-refractivity contribution in [2.45, 2.75) is 18.6 Å². The summed E-state index contributed by atoms with van der Waals surface area (Å²) in [6.45, 7) is 0.758. The molecule has 1 aliphatic heterocycles. The van der Waals surface area contributed by atoms with Crippen LogP contribution in [0.15, 0.2) is 0 Å². The fourth-order valence-electron chi connectivity index (χ4n) is 0.853. The van der Waals surface area contributed by atoms with Gasteiger partial charge in [-0.2, -0.15) is 0 Å². The Morgan fingerprint density at radius 3 is 2.75 bits per heavy atom. The minimum absolute atomic E-state index is 0.0556. The van der Waals surface area contributed by atoms with E-state index >= 15 is 0 Å². The predicted molar refractivity (Wildman–Crippen MR) is 29.4 cm³/mol. The van der Waals surface area contributed by atoms with Gasteiger partial charge >= 0.3 is 0 Å². The van der Waals surface area contributed by atoms with Crippen LogP contribution in [0.4, 0.5) is 0 Å². The molecule has 0 aromatic carbocycles. The zero-order valence-electron chi connectivity index (χ0n) is 4.71. The first-order valence-electron chi connectivity index (χ1n) is 2.82. The minimum Gasteiger partial charge on any atom is -0.394 e. The Labute approximate surface area is 48.4 Å². The first kappa shape index (κ1) is 6.01. The molecule has 3 N–H and O–H groups in total. The third-order valence-corrected chi connectivity index (χ3v) is 1.44. The van der Waals surface area contributed by atoms with Crippen LogP contribution in [0, 0.1) is 0 Å². The number of rotatable bonds is 1. The molecule has 48 valence electrons. The topological polar surface area (TPSA) is 55.5 Å². The summed E-state index contributed by atoms with van der Waals surface area (Å²) in [5, 5.41) is 8.53. The van der Waals surface area contributed by atoms with Gasteiger partial charge in [0.1, 0.15) is 0 Å². The van der Waals surface area contributed by atoms with Crippen molar-refractivity contribution in [3.05, 3.63) is 0 Å². The Morgan fingerprint density at radius 1 is 1.75 bits per heavy atom. The Bertz CT molecular complexity index is 76.8. The fourth-order valence-corrected chi connectivity index (χ4v) is 0.853. The molecule has 2 atom stereocenters. The predicted octanol–water partition coefficient (Wildman–Crippen LogP) is -0.905. The minimum atomic E-state index is -0.102. The monoisotopic (exact) mass is 117 g/mol. The molecule has 1 unspecified atom stereocenters. The largest absolute Gasteiger partial charge is 0.394 e. The van der Waals surface area contributed by atoms with Crippen LogP contribution in [0.5, 0.6) is 0 Å². The van der Waals surface area contributed by atoms with Gasteiger partial charge in [-0.3, -0.25) is 0 Å². The highest BCUT2D eigenvalue weighted by Gasteiger charge is 2.23. The molecule has 1 aliphatic rings. The number of hydrogen-bond donors (Lipinski definition) is 2. The van der Waals surface area contributed by atoms with Crippen molar-refractivity contribution >= 4 is 0 Å². The molecule has 1 saturated heterocycles. The Hall–Kier alpha value is -0.120. The SMILES string of the molecule is NC1CCO[C@@H]1CO. The van der Waals surface area contributed by atoms with Crippen molar-refractivity contribution in [1.29, 1.82) is 0 Å². The molecule has 0 aliphatic carbocycles. The van der Waals surface area contributed by atoms with E-state index in [1.54, 1.807) is 0 Å². The molecule has 1 fully saturated rings. The van der Waals surface area contributed by atoms with Crippen molar-refractivity contribution in [2.24, 2.45) is 5.73 Å². The van der Waals surface area contributed by atoms with Crippen molar-refractivity contribution in [3.8, 4) is 0 Å². The standard InChI is InChI=1S/C5H11NO2/c6-4-1-2-8-5(4)3-7/h4-5,7H,1-3,6H2/t4?,5-/m1/s1. The van der Waals surface area contributed by atoms with E-state index < -0.39 is 0 Å². The molecule has 0 saturated carbocycles. The van der Waals surface area contributed by atoms with E-state index in [9.17, 15) is 0 Å². The van der Waals surface area contributed by atoms with Crippen LogP contribution >= 0.6 is 0 Å². The van der Waals surface area contributed by atoms with E-state index in [4.69, 9.17) is 15.6 Å².